The number of hydrogen-bond acceptors (Lipinski definition) is 11. The Morgan fingerprint density at radius 2 is 0.548 bits per heavy atom. The minimum atomic E-state index is 0.657. The van der Waals surface area contributed by atoms with Gasteiger partial charge in [-0.3, -0.25) is 19.6 Å². The summed E-state index contributed by atoms with van der Waals surface area (Å²) in [5, 5.41) is 3.53. The SMILES string of the molecule is NCCN(CCN)CCNCCN(CCN)CCN(CCN)CCN(CCN)CCN. The molecule has 0 aliphatic carbocycles. The number of nitrogens with one attached hydrogen (secondary N) is 1. The molecule has 31 heavy (non-hydrogen) atoms. The predicted octanol–water partition coefficient (Wildman–Crippen LogP) is -4.46. The monoisotopic (exact) mass is 447 g/mol. The van der Waals surface area contributed by atoms with Crippen molar-refractivity contribution < 1.29 is 0 Å². The quantitative estimate of drug-likeness (QED) is 0.0709. The standard InChI is InChI=1S/C20H53N11/c21-1-9-28(10-2-22)15-7-27-8-16-30(13-5-25)18-20-31(14-6-26)19-17-29(11-3-23)12-4-24/h27H,1-26H2. The lowest BCUT2D eigenvalue weighted by Gasteiger charge is -2.29. The van der Waals surface area contributed by atoms with Gasteiger partial charge in [0.1, 0.15) is 0 Å². The van der Waals surface area contributed by atoms with Gasteiger partial charge in [0.25, 0.3) is 0 Å². The molecule has 0 spiro atoms. The summed E-state index contributed by atoms with van der Waals surface area (Å²) in [6, 6.07) is 0. The fourth-order valence-electron chi connectivity index (χ4n) is 3.60. The van der Waals surface area contributed by atoms with Crippen molar-refractivity contribution in [3.8, 4) is 0 Å². The van der Waals surface area contributed by atoms with Crippen LogP contribution in [-0.4, -0.2) is 150 Å². The summed E-state index contributed by atoms with van der Waals surface area (Å²) in [6.45, 7) is 17.1. The number of hydrogen-bond donors (Lipinski definition) is 7. The van der Waals surface area contributed by atoms with Crippen LogP contribution in [0.25, 0.3) is 0 Å². The molecule has 0 bridgehead atoms. The zero-order chi connectivity index (χ0) is 23.2. The van der Waals surface area contributed by atoms with Gasteiger partial charge in [0.2, 0.25) is 0 Å². The summed E-state index contributed by atoms with van der Waals surface area (Å²) < 4.78 is 0. The first-order valence-corrected chi connectivity index (χ1v) is 12.0. The molecule has 0 saturated heterocycles. The molecule has 0 unspecified atom stereocenters. The third kappa shape index (κ3) is 17.8. The van der Waals surface area contributed by atoms with Crippen molar-refractivity contribution in [2.45, 2.75) is 0 Å². The normalized spacial score (nSPS) is 12.2. The fourth-order valence-corrected chi connectivity index (χ4v) is 3.60. The van der Waals surface area contributed by atoms with Crippen LogP contribution in [0.2, 0.25) is 0 Å². The molecule has 0 heterocycles. The van der Waals surface area contributed by atoms with E-state index < -0.39 is 0 Å². The molecule has 188 valence electrons. The highest BCUT2D eigenvalue weighted by Crippen LogP contribution is 1.95. The van der Waals surface area contributed by atoms with Gasteiger partial charge in [-0.05, 0) is 0 Å². The van der Waals surface area contributed by atoms with Crippen LogP contribution < -0.4 is 39.7 Å². The molecule has 0 atom stereocenters. The molecule has 13 N–H and O–H groups in total. The van der Waals surface area contributed by atoms with Crippen molar-refractivity contribution in [3.05, 3.63) is 0 Å². The van der Waals surface area contributed by atoms with E-state index in [1.165, 1.54) is 0 Å². The van der Waals surface area contributed by atoms with Crippen LogP contribution in [0.3, 0.4) is 0 Å². The second-order valence-corrected chi connectivity index (χ2v) is 7.85. The van der Waals surface area contributed by atoms with E-state index in [1.807, 2.05) is 0 Å². The maximum atomic E-state index is 5.84. The molecule has 0 amide bonds. The van der Waals surface area contributed by atoms with Crippen molar-refractivity contribution in [2.75, 3.05) is 131 Å². The second-order valence-electron chi connectivity index (χ2n) is 7.85. The maximum Gasteiger partial charge on any atom is 0.0110 e. The molecular weight excluding hydrogens is 394 g/mol. The summed E-state index contributed by atoms with van der Waals surface area (Å²) in [6.07, 6.45) is 0. The number of rotatable bonds is 24. The molecule has 0 aliphatic heterocycles. The molecule has 0 aliphatic rings. The van der Waals surface area contributed by atoms with Gasteiger partial charge >= 0.3 is 0 Å². The van der Waals surface area contributed by atoms with E-state index in [2.05, 4.69) is 24.9 Å². The Morgan fingerprint density at radius 3 is 0.839 bits per heavy atom. The Bertz CT molecular complexity index is 350. The molecule has 0 aromatic rings. The zero-order valence-corrected chi connectivity index (χ0v) is 19.9. The summed E-state index contributed by atoms with van der Waals surface area (Å²) in [7, 11) is 0. The third-order valence-corrected chi connectivity index (χ3v) is 5.35. The average molecular weight is 448 g/mol. The average Bonchev–Trinajstić information content (AvgIpc) is 2.75. The largest absolute Gasteiger partial charge is 0.329 e. The van der Waals surface area contributed by atoms with Gasteiger partial charge in [-0.25, -0.2) is 0 Å². The first-order chi connectivity index (χ1) is 15.1. The topological polar surface area (TPSA) is 181 Å². The van der Waals surface area contributed by atoms with E-state index in [4.69, 9.17) is 34.4 Å². The van der Waals surface area contributed by atoms with Crippen LogP contribution in [0.1, 0.15) is 0 Å². The molecule has 11 heteroatoms. The Kier molecular flexibility index (Phi) is 22.4. The first kappa shape index (κ1) is 30.6. The molecule has 0 fully saturated rings. The van der Waals surface area contributed by atoms with E-state index in [0.717, 1.165) is 91.6 Å². The van der Waals surface area contributed by atoms with Gasteiger partial charge in [-0.2, -0.15) is 0 Å². The van der Waals surface area contributed by atoms with Crippen LogP contribution in [-0.2, 0) is 0 Å². The van der Waals surface area contributed by atoms with Crippen LogP contribution in [0.5, 0.6) is 0 Å². The van der Waals surface area contributed by atoms with E-state index >= 15 is 0 Å². The summed E-state index contributed by atoms with van der Waals surface area (Å²) in [4.78, 5) is 9.47. The van der Waals surface area contributed by atoms with Crippen LogP contribution in [0.4, 0.5) is 0 Å². The number of nitrogens with zero attached hydrogens (tertiary/aromatic N) is 4. The lowest BCUT2D eigenvalue weighted by atomic mass is 10.3. The summed E-state index contributed by atoms with van der Waals surface area (Å²) in [5.74, 6) is 0. The van der Waals surface area contributed by atoms with Crippen molar-refractivity contribution in [1.82, 2.24) is 24.9 Å². The highest BCUT2D eigenvalue weighted by Gasteiger charge is 2.11. The molecule has 11 nitrogen and oxygen atoms in total. The number of nitrogens with two attached hydrogens (primary N) is 6. The first-order valence-electron chi connectivity index (χ1n) is 12.0. The van der Waals surface area contributed by atoms with Crippen LogP contribution >= 0.6 is 0 Å². The Morgan fingerprint density at radius 1 is 0.323 bits per heavy atom. The molecule has 0 rings (SSSR count). The van der Waals surface area contributed by atoms with Gasteiger partial charge in [-0.1, -0.05) is 0 Å². The van der Waals surface area contributed by atoms with Crippen LogP contribution in [0.15, 0.2) is 0 Å². The van der Waals surface area contributed by atoms with Gasteiger partial charge in [0.05, 0.1) is 0 Å². The van der Waals surface area contributed by atoms with Crippen LogP contribution in [0, 0.1) is 0 Å². The highest BCUT2D eigenvalue weighted by atomic mass is 15.2. The van der Waals surface area contributed by atoms with E-state index in [9.17, 15) is 0 Å². The highest BCUT2D eigenvalue weighted by molar-refractivity contribution is 4.69. The van der Waals surface area contributed by atoms with Gasteiger partial charge in [-0.15, -0.1) is 0 Å². The van der Waals surface area contributed by atoms with Gasteiger partial charge in [0.15, 0.2) is 0 Å². The van der Waals surface area contributed by atoms with Crippen molar-refractivity contribution in [3.63, 3.8) is 0 Å². The minimum absolute atomic E-state index is 0.657. The smallest absolute Gasteiger partial charge is 0.0110 e. The fraction of sp³-hybridized carbons (Fsp3) is 1.00. The maximum absolute atomic E-state index is 5.84. The van der Waals surface area contributed by atoms with Crippen molar-refractivity contribution in [2.24, 2.45) is 34.4 Å². The van der Waals surface area contributed by atoms with Crippen molar-refractivity contribution in [1.29, 1.82) is 0 Å². The summed E-state index contributed by atoms with van der Waals surface area (Å²) >= 11 is 0. The minimum Gasteiger partial charge on any atom is -0.329 e. The molecule has 0 saturated carbocycles. The van der Waals surface area contributed by atoms with Crippen molar-refractivity contribution >= 4 is 0 Å². The van der Waals surface area contributed by atoms with E-state index in [1.54, 1.807) is 0 Å². The Hall–Kier alpha value is -0.440. The lowest BCUT2D eigenvalue weighted by Crippen LogP contribution is -2.45. The molecule has 0 radical (unpaired) electrons. The third-order valence-electron chi connectivity index (χ3n) is 5.35. The second kappa shape index (κ2) is 22.7. The Balaban J connectivity index is 4.29. The van der Waals surface area contributed by atoms with Gasteiger partial charge in [0, 0.05) is 131 Å². The molecule has 0 aromatic carbocycles. The molecule has 0 aromatic heterocycles. The molecular formula is C20H53N11. The van der Waals surface area contributed by atoms with E-state index in [0.29, 0.717) is 39.3 Å². The zero-order valence-electron chi connectivity index (χ0n) is 19.9. The van der Waals surface area contributed by atoms with E-state index in [-0.39, 0.29) is 0 Å². The summed E-state index contributed by atoms with van der Waals surface area (Å²) in [5.41, 5.74) is 34.4. The lowest BCUT2D eigenvalue weighted by molar-refractivity contribution is 0.182. The predicted molar refractivity (Wildman–Crippen MR) is 133 cm³/mol. The Labute approximate surface area is 190 Å². The van der Waals surface area contributed by atoms with Gasteiger partial charge < -0.3 is 39.7 Å².